The first kappa shape index (κ1) is 13.2. The molecule has 0 fully saturated rings. The second kappa shape index (κ2) is 7.41. The number of benzene rings is 1. The zero-order chi connectivity index (χ0) is 11.8. The lowest BCUT2D eigenvalue weighted by Crippen LogP contribution is -2.09. The van der Waals surface area contributed by atoms with Crippen molar-refractivity contribution in [1.82, 2.24) is 0 Å². The minimum atomic E-state index is -0.912. The lowest BCUT2D eigenvalue weighted by atomic mass is 10.2. The maximum atomic E-state index is 11.2. The van der Waals surface area contributed by atoms with E-state index in [9.17, 15) is 4.21 Å². The van der Waals surface area contributed by atoms with E-state index in [1.165, 1.54) is 5.56 Å². The van der Waals surface area contributed by atoms with E-state index in [-0.39, 0.29) is 6.61 Å². The fourth-order valence-electron chi connectivity index (χ4n) is 1.25. The molecule has 0 aromatic heterocycles. The van der Waals surface area contributed by atoms with Gasteiger partial charge in [0.25, 0.3) is 0 Å². The van der Waals surface area contributed by atoms with Crippen molar-refractivity contribution in [2.75, 3.05) is 24.7 Å². The molecular weight excluding hydrogens is 224 g/mol. The highest BCUT2D eigenvalue weighted by Gasteiger charge is 1.99. The molecule has 0 aliphatic rings. The summed E-state index contributed by atoms with van der Waals surface area (Å²) in [4.78, 5) is 0. The fraction of sp³-hybridized carbons (Fsp3) is 0.500. The normalized spacial score (nSPS) is 12.4. The maximum Gasteiger partial charge on any atom is 0.119 e. The van der Waals surface area contributed by atoms with Crippen molar-refractivity contribution in [3.05, 3.63) is 29.8 Å². The summed E-state index contributed by atoms with van der Waals surface area (Å²) in [5, 5.41) is 8.57. The molecule has 1 N–H and O–H groups in total. The third-order valence-electron chi connectivity index (χ3n) is 2.13. The van der Waals surface area contributed by atoms with Crippen LogP contribution in [0.2, 0.25) is 0 Å². The molecule has 1 unspecified atom stereocenters. The number of rotatable bonds is 7. The van der Waals surface area contributed by atoms with Crippen LogP contribution in [0.5, 0.6) is 5.75 Å². The van der Waals surface area contributed by atoms with Crippen molar-refractivity contribution in [2.45, 2.75) is 13.3 Å². The highest BCUT2D eigenvalue weighted by atomic mass is 32.2. The summed E-state index contributed by atoms with van der Waals surface area (Å²) in [7, 11) is -0.912. The van der Waals surface area contributed by atoms with Crippen molar-refractivity contribution in [3.63, 3.8) is 0 Å². The Labute approximate surface area is 98.9 Å². The average molecular weight is 242 g/mol. The van der Waals surface area contributed by atoms with E-state index in [2.05, 4.69) is 0 Å². The van der Waals surface area contributed by atoms with Gasteiger partial charge < -0.3 is 9.84 Å². The van der Waals surface area contributed by atoms with E-state index >= 15 is 0 Å². The first-order valence-electron chi connectivity index (χ1n) is 5.37. The zero-order valence-electron chi connectivity index (χ0n) is 9.52. The fourth-order valence-corrected chi connectivity index (χ4v) is 2.10. The molecule has 1 rings (SSSR count). The van der Waals surface area contributed by atoms with Crippen molar-refractivity contribution in [1.29, 1.82) is 0 Å². The number of aryl methyl sites for hydroxylation is 1. The molecule has 1 aromatic carbocycles. The molecule has 3 nitrogen and oxygen atoms in total. The van der Waals surface area contributed by atoms with E-state index in [4.69, 9.17) is 9.84 Å². The second-order valence-electron chi connectivity index (χ2n) is 3.59. The molecule has 0 saturated carbocycles. The highest BCUT2D eigenvalue weighted by molar-refractivity contribution is 7.84. The summed E-state index contributed by atoms with van der Waals surface area (Å²) in [6.07, 6.45) is 0.750. The standard InChI is InChI=1S/C12H18O3S/c1-11-3-5-12(6-4-11)15-8-2-9-16(14)10-7-13/h3-6,13H,2,7-10H2,1H3. The predicted octanol–water partition coefficient (Wildman–Crippen LogP) is 1.50. The van der Waals surface area contributed by atoms with Crippen LogP contribution in [0.25, 0.3) is 0 Å². The molecule has 0 saturated heterocycles. The van der Waals surface area contributed by atoms with Gasteiger partial charge in [-0.15, -0.1) is 0 Å². The lowest BCUT2D eigenvalue weighted by molar-refractivity contribution is 0.315. The van der Waals surface area contributed by atoms with E-state index in [0.717, 1.165) is 12.2 Å². The molecule has 0 aliphatic heterocycles. The molecule has 0 spiro atoms. The molecule has 0 aliphatic carbocycles. The minimum Gasteiger partial charge on any atom is -0.494 e. The van der Waals surface area contributed by atoms with Crippen LogP contribution in [-0.4, -0.2) is 34.0 Å². The van der Waals surface area contributed by atoms with Crippen LogP contribution in [-0.2, 0) is 10.8 Å². The molecule has 4 heteroatoms. The SMILES string of the molecule is Cc1ccc(OCCCS(=O)CCO)cc1. The number of hydrogen-bond donors (Lipinski definition) is 1. The van der Waals surface area contributed by atoms with Crippen LogP contribution in [0, 0.1) is 6.92 Å². The van der Waals surface area contributed by atoms with Gasteiger partial charge in [-0.3, -0.25) is 4.21 Å². The third kappa shape index (κ3) is 5.28. The summed E-state index contributed by atoms with van der Waals surface area (Å²) in [5.41, 5.74) is 1.20. The van der Waals surface area contributed by atoms with E-state index in [1.807, 2.05) is 31.2 Å². The van der Waals surface area contributed by atoms with Gasteiger partial charge in [0.2, 0.25) is 0 Å². The smallest absolute Gasteiger partial charge is 0.119 e. The minimum absolute atomic E-state index is 0.00850. The van der Waals surface area contributed by atoms with E-state index in [0.29, 0.717) is 18.1 Å². The molecule has 1 aromatic rings. The van der Waals surface area contributed by atoms with Crippen LogP contribution in [0.4, 0.5) is 0 Å². The van der Waals surface area contributed by atoms with Crippen LogP contribution in [0.3, 0.4) is 0 Å². The molecule has 0 heterocycles. The first-order chi connectivity index (χ1) is 7.72. The van der Waals surface area contributed by atoms with Gasteiger partial charge in [0.1, 0.15) is 5.75 Å². The van der Waals surface area contributed by atoms with Crippen LogP contribution in [0.1, 0.15) is 12.0 Å². The maximum absolute atomic E-state index is 11.2. The molecular formula is C12H18O3S. The summed E-state index contributed by atoms with van der Waals surface area (Å²) in [6, 6.07) is 7.86. The Morgan fingerprint density at radius 1 is 1.25 bits per heavy atom. The monoisotopic (exact) mass is 242 g/mol. The van der Waals surface area contributed by atoms with Crippen LogP contribution in [0.15, 0.2) is 24.3 Å². The van der Waals surface area contributed by atoms with Gasteiger partial charge in [-0.05, 0) is 25.5 Å². The summed E-state index contributed by atoms with van der Waals surface area (Å²) >= 11 is 0. The van der Waals surface area contributed by atoms with Crippen LogP contribution >= 0.6 is 0 Å². The summed E-state index contributed by atoms with van der Waals surface area (Å²) in [5.74, 6) is 1.80. The van der Waals surface area contributed by atoms with Gasteiger partial charge in [0, 0.05) is 22.3 Å². The van der Waals surface area contributed by atoms with Gasteiger partial charge in [-0.1, -0.05) is 17.7 Å². The Hall–Kier alpha value is -0.870. The van der Waals surface area contributed by atoms with Crippen molar-refractivity contribution < 1.29 is 14.1 Å². The Morgan fingerprint density at radius 2 is 1.94 bits per heavy atom. The average Bonchev–Trinajstić information content (AvgIpc) is 2.27. The van der Waals surface area contributed by atoms with Gasteiger partial charge >= 0.3 is 0 Å². The zero-order valence-corrected chi connectivity index (χ0v) is 10.3. The van der Waals surface area contributed by atoms with Crippen molar-refractivity contribution in [3.8, 4) is 5.75 Å². The molecule has 0 amide bonds. The molecule has 16 heavy (non-hydrogen) atoms. The largest absolute Gasteiger partial charge is 0.494 e. The Morgan fingerprint density at radius 3 is 2.56 bits per heavy atom. The molecule has 0 radical (unpaired) electrons. The van der Waals surface area contributed by atoms with Gasteiger partial charge in [0.05, 0.1) is 13.2 Å². The molecule has 1 atom stereocenters. The highest BCUT2D eigenvalue weighted by Crippen LogP contribution is 2.11. The van der Waals surface area contributed by atoms with Gasteiger partial charge in [0.15, 0.2) is 0 Å². The Balaban J connectivity index is 2.16. The number of hydrogen-bond acceptors (Lipinski definition) is 3. The Bertz CT molecular complexity index is 322. The number of aliphatic hydroxyl groups is 1. The number of ether oxygens (including phenoxy) is 1. The summed E-state index contributed by atoms with van der Waals surface area (Å²) < 4.78 is 16.7. The van der Waals surface area contributed by atoms with Gasteiger partial charge in [-0.2, -0.15) is 0 Å². The van der Waals surface area contributed by atoms with Crippen molar-refractivity contribution in [2.24, 2.45) is 0 Å². The molecule has 0 bridgehead atoms. The van der Waals surface area contributed by atoms with E-state index < -0.39 is 10.8 Å². The first-order valence-corrected chi connectivity index (χ1v) is 6.86. The quantitative estimate of drug-likeness (QED) is 0.737. The second-order valence-corrected chi connectivity index (χ2v) is 5.28. The predicted molar refractivity (Wildman–Crippen MR) is 66.3 cm³/mol. The topological polar surface area (TPSA) is 46.5 Å². The number of aliphatic hydroxyl groups excluding tert-OH is 1. The summed E-state index contributed by atoms with van der Waals surface area (Å²) in [6.45, 7) is 2.59. The molecule has 90 valence electrons. The third-order valence-corrected chi connectivity index (χ3v) is 3.51. The van der Waals surface area contributed by atoms with Crippen LogP contribution < -0.4 is 4.74 Å². The van der Waals surface area contributed by atoms with E-state index in [1.54, 1.807) is 0 Å². The lowest BCUT2D eigenvalue weighted by Gasteiger charge is -2.06. The van der Waals surface area contributed by atoms with Crippen molar-refractivity contribution >= 4 is 10.8 Å². The Kier molecular flexibility index (Phi) is 6.11. The van der Waals surface area contributed by atoms with Gasteiger partial charge in [-0.25, -0.2) is 0 Å².